The largest absolute Gasteiger partial charge is 0.417 e. The van der Waals surface area contributed by atoms with Crippen LogP contribution in [0, 0.1) is 5.92 Å². The molecule has 0 bridgehead atoms. The zero-order chi connectivity index (χ0) is 14.6. The minimum Gasteiger partial charge on any atom is -0.390 e. The third-order valence-electron chi connectivity index (χ3n) is 2.70. The molecular weight excluding hydrogens is 285 g/mol. The number of nitrogens with one attached hydrogen (secondary N) is 1. The average molecular weight is 301 g/mol. The molecule has 0 radical (unpaired) electrons. The van der Waals surface area contributed by atoms with Crippen LogP contribution < -0.4 is 9.98 Å². The molecule has 0 spiro atoms. The lowest BCUT2D eigenvalue weighted by molar-refractivity contribution is -0.258. The molecular formula is C10H16F3N2O3S+. The molecule has 5 nitrogen and oxygen atoms in total. The second-order valence-corrected chi connectivity index (χ2v) is 4.62. The summed E-state index contributed by atoms with van der Waals surface area (Å²) in [4.78, 5) is 0. The summed E-state index contributed by atoms with van der Waals surface area (Å²) in [5.74, 6) is -0.331. The number of alkyl halides is 3. The monoisotopic (exact) mass is 301 g/mol. The number of nitrogens with zero attached hydrogens (tertiary/aromatic N) is 1. The minimum absolute atomic E-state index is 0.0338. The molecule has 1 heterocycles. The van der Waals surface area contributed by atoms with Gasteiger partial charge in [0.05, 0.1) is 25.7 Å². The molecule has 0 saturated carbocycles. The summed E-state index contributed by atoms with van der Waals surface area (Å²) in [6.07, 6.45) is -9.09. The number of thiol groups is 1. The maximum atomic E-state index is 12.3. The first-order chi connectivity index (χ1) is 8.75. The van der Waals surface area contributed by atoms with E-state index in [4.69, 9.17) is 9.84 Å². The number of rotatable bonds is 2. The number of aliphatic hydroxyl groups excluding tert-OH is 2. The van der Waals surface area contributed by atoms with E-state index in [1.165, 1.54) is 6.21 Å². The van der Waals surface area contributed by atoms with Crippen molar-refractivity contribution >= 4 is 24.0 Å². The first-order valence-electron chi connectivity index (χ1n) is 5.58. The summed E-state index contributed by atoms with van der Waals surface area (Å²) in [6.45, 7) is -0.0524. The predicted octanol–water partition coefficient (Wildman–Crippen LogP) is -0.681. The maximum Gasteiger partial charge on any atom is 0.417 e. The van der Waals surface area contributed by atoms with E-state index in [0.717, 1.165) is 0 Å². The quantitative estimate of drug-likeness (QED) is 0.236. The third kappa shape index (κ3) is 4.70. The lowest BCUT2D eigenvalue weighted by Crippen LogP contribution is -2.51. The van der Waals surface area contributed by atoms with Crippen molar-refractivity contribution in [1.29, 1.82) is 0 Å². The highest BCUT2D eigenvalue weighted by Crippen LogP contribution is 2.29. The van der Waals surface area contributed by atoms with Crippen LogP contribution in [0.1, 0.15) is 6.42 Å². The van der Waals surface area contributed by atoms with Crippen molar-refractivity contribution in [1.82, 2.24) is 9.98 Å². The molecule has 1 rings (SSSR count). The van der Waals surface area contributed by atoms with E-state index in [0.29, 0.717) is 5.17 Å². The molecule has 1 fully saturated rings. The molecule has 1 aliphatic rings. The zero-order valence-corrected chi connectivity index (χ0v) is 11.0. The fourth-order valence-electron chi connectivity index (χ4n) is 1.69. The molecule has 3 N–H and O–H groups in total. The molecule has 110 valence electrons. The van der Waals surface area contributed by atoms with Gasteiger partial charge in [0.1, 0.15) is 6.10 Å². The molecule has 9 heteroatoms. The Kier molecular flexibility index (Phi) is 5.69. The molecule has 1 aliphatic heterocycles. The number of hydrogen-bond acceptors (Lipinski definition) is 3. The van der Waals surface area contributed by atoms with Gasteiger partial charge in [0.2, 0.25) is 0 Å². The number of hydrogen-bond donors (Lipinski definition) is 4. The van der Waals surface area contributed by atoms with E-state index in [-0.39, 0.29) is 18.9 Å². The Balaban J connectivity index is 2.64. The lowest BCUT2D eigenvalue weighted by Gasteiger charge is -2.34. The van der Waals surface area contributed by atoms with Gasteiger partial charge in [0, 0.05) is 0 Å². The number of halogens is 3. The van der Waals surface area contributed by atoms with Crippen molar-refractivity contribution in [3.8, 4) is 0 Å². The first kappa shape index (κ1) is 16.3. The van der Waals surface area contributed by atoms with Gasteiger partial charge in [0.25, 0.3) is 0 Å². The molecule has 0 aliphatic carbocycles. The van der Waals surface area contributed by atoms with Crippen molar-refractivity contribution in [2.45, 2.75) is 30.9 Å². The van der Waals surface area contributed by atoms with Gasteiger partial charge in [-0.1, -0.05) is 0 Å². The van der Waals surface area contributed by atoms with Crippen LogP contribution in [-0.2, 0) is 4.74 Å². The van der Waals surface area contributed by atoms with Gasteiger partial charge in [-0.2, -0.15) is 13.2 Å². The fourth-order valence-corrected chi connectivity index (χ4v) is 1.76. The van der Waals surface area contributed by atoms with Crippen LogP contribution in [0.25, 0.3) is 0 Å². The van der Waals surface area contributed by atoms with Gasteiger partial charge in [-0.05, 0) is 19.0 Å². The van der Waals surface area contributed by atoms with Crippen LogP contribution in [0.3, 0.4) is 0 Å². The van der Waals surface area contributed by atoms with E-state index >= 15 is 0 Å². The van der Waals surface area contributed by atoms with Crippen LogP contribution in [-0.4, -0.2) is 59.7 Å². The standard InChI is InChI=1S/C10H15F3N2O3S/c1-14-9(19)15-3-5-2-6(16)7(18-4-5)8(17)10(11,12)13/h3,5-8,16-17H,2,4H2,1H3,(H,14,19)/p+1/t5?,6-,7-,8+/m0/s1. The number of aliphatic hydroxyl groups is 2. The first-order valence-corrected chi connectivity index (χ1v) is 6.02. The number of ether oxygens (including phenoxy) is 1. The van der Waals surface area contributed by atoms with Crippen molar-refractivity contribution in [3.05, 3.63) is 0 Å². The second-order valence-electron chi connectivity index (χ2n) is 4.20. The Labute approximate surface area is 113 Å². The van der Waals surface area contributed by atoms with Crippen molar-refractivity contribution in [2.75, 3.05) is 13.7 Å². The molecule has 0 amide bonds. The van der Waals surface area contributed by atoms with E-state index in [1.54, 1.807) is 7.05 Å². The van der Waals surface area contributed by atoms with Crippen molar-refractivity contribution in [2.24, 2.45) is 5.92 Å². The molecule has 0 aromatic carbocycles. The normalized spacial score (nSPS) is 29.3. The highest BCUT2D eigenvalue weighted by Gasteiger charge is 2.48. The molecule has 19 heavy (non-hydrogen) atoms. The summed E-state index contributed by atoms with van der Waals surface area (Å²) in [7, 11) is 1.61. The second kappa shape index (κ2) is 6.62. The number of amidine groups is 1. The van der Waals surface area contributed by atoms with Gasteiger partial charge >= 0.3 is 11.3 Å². The van der Waals surface area contributed by atoms with Crippen LogP contribution in [0.2, 0.25) is 0 Å². The van der Waals surface area contributed by atoms with Crippen LogP contribution in [0.15, 0.2) is 0 Å². The molecule has 0 aromatic heterocycles. The molecule has 0 aromatic rings. The predicted molar refractivity (Wildman–Crippen MR) is 67.2 cm³/mol. The summed E-state index contributed by atoms with van der Waals surface area (Å²) in [5.41, 5.74) is 0. The molecule has 1 unspecified atom stereocenters. The minimum atomic E-state index is -4.81. The summed E-state index contributed by atoms with van der Waals surface area (Å²) in [6, 6.07) is 0. The van der Waals surface area contributed by atoms with E-state index in [9.17, 15) is 18.3 Å². The van der Waals surface area contributed by atoms with E-state index < -0.39 is 24.5 Å². The van der Waals surface area contributed by atoms with Gasteiger partial charge in [0.15, 0.2) is 12.3 Å². The van der Waals surface area contributed by atoms with Crippen LogP contribution in [0.4, 0.5) is 13.2 Å². The van der Waals surface area contributed by atoms with E-state index in [2.05, 4.69) is 22.6 Å². The van der Waals surface area contributed by atoms with Crippen LogP contribution >= 0.6 is 12.6 Å². The highest BCUT2D eigenvalue weighted by atomic mass is 32.1. The Hall–Kier alpha value is -0.730. The van der Waals surface area contributed by atoms with Gasteiger partial charge < -0.3 is 14.9 Å². The average Bonchev–Trinajstić information content (AvgIpc) is 2.34. The Morgan fingerprint density at radius 1 is 1.58 bits per heavy atom. The third-order valence-corrected chi connectivity index (χ3v) is 3.04. The van der Waals surface area contributed by atoms with Gasteiger partial charge in [-0.3, -0.25) is 5.32 Å². The summed E-state index contributed by atoms with van der Waals surface area (Å²) >= 11 is 3.96. The fraction of sp³-hybridized carbons (Fsp3) is 0.800. The van der Waals surface area contributed by atoms with Crippen molar-refractivity contribution in [3.63, 3.8) is 0 Å². The van der Waals surface area contributed by atoms with Crippen molar-refractivity contribution < 1.29 is 28.1 Å². The smallest absolute Gasteiger partial charge is 0.390 e. The van der Waals surface area contributed by atoms with Gasteiger partial charge in [-0.15, -0.1) is 0 Å². The lowest BCUT2D eigenvalue weighted by atomic mass is 9.94. The highest BCUT2D eigenvalue weighted by molar-refractivity contribution is 7.96. The summed E-state index contributed by atoms with van der Waals surface area (Å²) < 4.78 is 45.7. The topological polar surface area (TPSA) is 75.8 Å². The Morgan fingerprint density at radius 3 is 2.68 bits per heavy atom. The Bertz CT molecular complexity index is 372. The van der Waals surface area contributed by atoms with Crippen LogP contribution in [0.5, 0.6) is 0 Å². The molecule has 4 atom stereocenters. The zero-order valence-electron chi connectivity index (χ0n) is 10.1. The maximum absolute atomic E-state index is 12.3. The van der Waals surface area contributed by atoms with Gasteiger partial charge in [-0.25, -0.2) is 4.67 Å². The summed E-state index contributed by atoms with van der Waals surface area (Å²) in [5, 5.41) is 21.7. The molecule has 1 saturated heterocycles. The van der Waals surface area contributed by atoms with E-state index in [1.807, 2.05) is 0 Å². The SMILES string of the molecule is CNC(S)=[N+]=CC1CO[C@H]([C@@H](O)C(F)(F)F)[C@@H](O)C1. The Morgan fingerprint density at radius 2 is 2.21 bits per heavy atom.